The van der Waals surface area contributed by atoms with E-state index < -0.39 is 17.7 Å². The average Bonchev–Trinajstić information content (AvgIpc) is 2.67. The molecule has 1 saturated carbocycles. The van der Waals surface area contributed by atoms with Crippen LogP contribution in [0.15, 0.2) is 66.9 Å². The van der Waals surface area contributed by atoms with Crippen LogP contribution in [-0.2, 0) is 5.54 Å². The van der Waals surface area contributed by atoms with E-state index in [1.54, 1.807) is 6.20 Å². The van der Waals surface area contributed by atoms with Crippen molar-refractivity contribution in [3.8, 4) is 22.4 Å². The third-order valence-corrected chi connectivity index (χ3v) is 5.22. The lowest BCUT2D eigenvalue weighted by atomic mass is 9.69. The zero-order chi connectivity index (χ0) is 19.7. The third-order valence-electron chi connectivity index (χ3n) is 5.22. The molecule has 5 N–H and O–H groups in total. The average molecular weight is 375 g/mol. The first-order chi connectivity index (χ1) is 13.5. The predicted octanol–water partition coefficient (Wildman–Crippen LogP) is 3.62. The number of nitrogens with two attached hydrogens (primary N) is 1. The number of aliphatic hydroxyl groups excluding tert-OH is 1. The van der Waals surface area contributed by atoms with Crippen LogP contribution < -0.4 is 11.1 Å². The number of nitrogen functional groups attached to an aromatic ring is 1. The quantitative estimate of drug-likeness (QED) is 0.557. The van der Waals surface area contributed by atoms with E-state index in [0.29, 0.717) is 18.5 Å². The van der Waals surface area contributed by atoms with E-state index in [-0.39, 0.29) is 0 Å². The molecule has 4 rings (SSSR count). The molecule has 0 unspecified atom stereocenters. The summed E-state index contributed by atoms with van der Waals surface area (Å²) in [4.78, 5) is 15.7. The van der Waals surface area contributed by atoms with E-state index in [1.807, 2.05) is 60.7 Å². The van der Waals surface area contributed by atoms with Crippen LogP contribution in [0.25, 0.3) is 22.4 Å². The summed E-state index contributed by atoms with van der Waals surface area (Å²) in [7, 11) is 0. The second kappa shape index (κ2) is 6.98. The van der Waals surface area contributed by atoms with Gasteiger partial charge in [-0.1, -0.05) is 54.6 Å². The highest BCUT2D eigenvalue weighted by atomic mass is 16.4. The molecule has 2 aromatic carbocycles. The fourth-order valence-corrected chi connectivity index (χ4v) is 3.86. The van der Waals surface area contributed by atoms with Crippen molar-refractivity contribution >= 4 is 11.8 Å². The van der Waals surface area contributed by atoms with Gasteiger partial charge in [0.2, 0.25) is 0 Å². The number of pyridine rings is 1. The van der Waals surface area contributed by atoms with E-state index in [9.17, 15) is 9.90 Å². The standard InChI is InChI=1S/C22H21N3O3/c23-17-10-19(14-4-2-1-3-5-14)20(24-13-17)15-6-8-16(9-7-15)22(25-21(27)28)11-18(26)12-22/h1-10,13,18,25-26H,11-12,23H2,(H,27,28). The van der Waals surface area contributed by atoms with Crippen LogP contribution in [0.2, 0.25) is 0 Å². The Bertz CT molecular complexity index is 997. The van der Waals surface area contributed by atoms with Crippen LogP contribution in [-0.4, -0.2) is 27.4 Å². The van der Waals surface area contributed by atoms with E-state index in [2.05, 4.69) is 10.3 Å². The minimum Gasteiger partial charge on any atom is -0.465 e. The molecule has 0 saturated heterocycles. The van der Waals surface area contributed by atoms with Gasteiger partial charge in [-0.2, -0.15) is 0 Å². The molecule has 0 aliphatic heterocycles. The molecular weight excluding hydrogens is 354 g/mol. The van der Waals surface area contributed by atoms with Crippen molar-refractivity contribution in [1.29, 1.82) is 0 Å². The number of amides is 1. The number of nitrogens with zero attached hydrogens (tertiary/aromatic N) is 1. The van der Waals surface area contributed by atoms with E-state index in [0.717, 1.165) is 27.9 Å². The summed E-state index contributed by atoms with van der Waals surface area (Å²) in [6, 6.07) is 19.5. The fourth-order valence-electron chi connectivity index (χ4n) is 3.86. The van der Waals surface area contributed by atoms with Gasteiger partial charge in [-0.25, -0.2) is 4.79 Å². The van der Waals surface area contributed by atoms with Crippen LogP contribution in [0.3, 0.4) is 0 Å². The molecule has 1 amide bonds. The number of hydrogen-bond acceptors (Lipinski definition) is 4. The molecule has 0 spiro atoms. The molecule has 0 bridgehead atoms. The highest BCUT2D eigenvalue weighted by Crippen LogP contribution is 2.42. The summed E-state index contributed by atoms with van der Waals surface area (Å²) in [5.74, 6) is 0. The van der Waals surface area contributed by atoms with E-state index >= 15 is 0 Å². The first-order valence-corrected chi connectivity index (χ1v) is 9.08. The lowest BCUT2D eigenvalue weighted by Gasteiger charge is -2.45. The van der Waals surface area contributed by atoms with Gasteiger partial charge >= 0.3 is 6.09 Å². The predicted molar refractivity (Wildman–Crippen MR) is 108 cm³/mol. The summed E-state index contributed by atoms with van der Waals surface area (Å²) in [6.45, 7) is 0. The highest BCUT2D eigenvalue weighted by Gasteiger charge is 2.46. The molecule has 0 radical (unpaired) electrons. The summed E-state index contributed by atoms with van der Waals surface area (Å²) >= 11 is 0. The number of carbonyl (C=O) groups is 1. The molecule has 1 aromatic heterocycles. The number of rotatable bonds is 4. The van der Waals surface area contributed by atoms with Crippen molar-refractivity contribution in [3.63, 3.8) is 0 Å². The number of hydrogen-bond donors (Lipinski definition) is 4. The molecule has 6 nitrogen and oxygen atoms in total. The molecule has 0 atom stereocenters. The van der Waals surface area contributed by atoms with Crippen molar-refractivity contribution in [1.82, 2.24) is 10.3 Å². The fraction of sp³-hybridized carbons (Fsp3) is 0.182. The molecule has 3 aromatic rings. The van der Waals surface area contributed by atoms with Crippen LogP contribution in [0.4, 0.5) is 10.5 Å². The van der Waals surface area contributed by atoms with Gasteiger partial charge in [0.1, 0.15) is 0 Å². The SMILES string of the molecule is Nc1cnc(-c2ccc(C3(NC(=O)O)CC(O)C3)cc2)c(-c2ccccc2)c1. The Balaban J connectivity index is 1.71. The first-order valence-electron chi connectivity index (χ1n) is 9.08. The van der Waals surface area contributed by atoms with Crippen LogP contribution in [0.1, 0.15) is 18.4 Å². The van der Waals surface area contributed by atoms with Crippen LogP contribution >= 0.6 is 0 Å². The normalized spacial score (nSPS) is 21.0. The Morgan fingerprint density at radius 2 is 1.75 bits per heavy atom. The largest absolute Gasteiger partial charge is 0.465 e. The Kier molecular flexibility index (Phi) is 4.49. The van der Waals surface area contributed by atoms with Gasteiger partial charge in [-0.15, -0.1) is 0 Å². The van der Waals surface area contributed by atoms with Gasteiger partial charge in [0.25, 0.3) is 0 Å². The second-order valence-corrected chi connectivity index (χ2v) is 7.18. The van der Waals surface area contributed by atoms with Crippen molar-refractivity contribution in [3.05, 3.63) is 72.4 Å². The van der Waals surface area contributed by atoms with Gasteiger partial charge in [0, 0.05) is 24.0 Å². The lowest BCUT2D eigenvalue weighted by molar-refractivity contribution is 0.00172. The number of nitrogens with one attached hydrogen (secondary N) is 1. The minimum atomic E-state index is -1.09. The van der Waals surface area contributed by atoms with Gasteiger partial charge in [-0.3, -0.25) is 4.98 Å². The molecule has 142 valence electrons. The monoisotopic (exact) mass is 375 g/mol. The van der Waals surface area contributed by atoms with Gasteiger partial charge in [0.05, 0.1) is 29.2 Å². The zero-order valence-electron chi connectivity index (χ0n) is 15.2. The first kappa shape index (κ1) is 18.0. The van der Waals surface area contributed by atoms with Crippen molar-refractivity contribution in [2.75, 3.05) is 5.73 Å². The smallest absolute Gasteiger partial charge is 0.405 e. The van der Waals surface area contributed by atoms with Gasteiger partial charge in [0.15, 0.2) is 0 Å². The van der Waals surface area contributed by atoms with Crippen LogP contribution in [0.5, 0.6) is 0 Å². The Labute approximate surface area is 162 Å². The van der Waals surface area contributed by atoms with Crippen molar-refractivity contribution in [2.45, 2.75) is 24.5 Å². The molecule has 6 heteroatoms. The summed E-state index contributed by atoms with van der Waals surface area (Å²) in [5.41, 5.74) is 10.3. The summed E-state index contributed by atoms with van der Waals surface area (Å²) < 4.78 is 0. The maximum atomic E-state index is 11.2. The Morgan fingerprint density at radius 3 is 2.36 bits per heavy atom. The van der Waals surface area contributed by atoms with Gasteiger partial charge in [-0.05, 0) is 17.2 Å². The molecule has 28 heavy (non-hydrogen) atoms. The Morgan fingerprint density at radius 1 is 1.07 bits per heavy atom. The molecule has 1 heterocycles. The van der Waals surface area contributed by atoms with Crippen LogP contribution in [0, 0.1) is 0 Å². The highest BCUT2D eigenvalue weighted by molar-refractivity contribution is 5.82. The van der Waals surface area contributed by atoms with Crippen molar-refractivity contribution < 1.29 is 15.0 Å². The van der Waals surface area contributed by atoms with Crippen molar-refractivity contribution in [2.24, 2.45) is 0 Å². The maximum Gasteiger partial charge on any atom is 0.405 e. The number of anilines is 1. The molecule has 1 fully saturated rings. The summed E-state index contributed by atoms with van der Waals surface area (Å²) in [5, 5.41) is 21.5. The van der Waals surface area contributed by atoms with E-state index in [1.165, 1.54) is 0 Å². The lowest BCUT2D eigenvalue weighted by Crippen LogP contribution is -2.56. The topological polar surface area (TPSA) is 108 Å². The Hall–Kier alpha value is -3.38. The second-order valence-electron chi connectivity index (χ2n) is 7.18. The molecule has 1 aliphatic rings. The maximum absolute atomic E-state index is 11.2. The number of benzene rings is 2. The summed E-state index contributed by atoms with van der Waals surface area (Å²) in [6.07, 6.45) is 0.783. The zero-order valence-corrected chi connectivity index (χ0v) is 15.2. The third kappa shape index (κ3) is 3.30. The minimum absolute atomic E-state index is 0.369. The molecular formula is C22H21N3O3. The number of aliphatic hydroxyl groups is 1. The number of carboxylic acid groups (broad SMARTS) is 1. The van der Waals surface area contributed by atoms with E-state index in [4.69, 9.17) is 10.8 Å². The number of aromatic nitrogens is 1. The van der Waals surface area contributed by atoms with Gasteiger partial charge < -0.3 is 21.3 Å². The molecule has 1 aliphatic carbocycles.